The van der Waals surface area contributed by atoms with Crippen molar-refractivity contribution in [3.05, 3.63) is 67.3 Å². The third kappa shape index (κ3) is 7.00. The average Bonchev–Trinajstić information content (AvgIpc) is 3.61. The minimum Gasteiger partial charge on any atom is -0.497 e. The van der Waals surface area contributed by atoms with E-state index in [1.807, 2.05) is 48.5 Å². The number of carbonyl (C=O) groups excluding carboxylic acids is 3. The lowest BCUT2D eigenvalue weighted by Crippen LogP contribution is -2.55. The lowest BCUT2D eigenvalue weighted by molar-refractivity contribution is -0.152. The summed E-state index contributed by atoms with van der Waals surface area (Å²) in [6.07, 6.45) is 1.01. The van der Waals surface area contributed by atoms with Gasteiger partial charge in [0.1, 0.15) is 29.2 Å². The van der Waals surface area contributed by atoms with E-state index in [1.165, 1.54) is 4.90 Å². The van der Waals surface area contributed by atoms with Crippen molar-refractivity contribution in [3.63, 3.8) is 0 Å². The highest BCUT2D eigenvalue weighted by atomic mass is 16.5. The molecule has 1 aliphatic heterocycles. The Morgan fingerprint density at radius 1 is 1.15 bits per heavy atom. The number of ether oxygens (including phenoxy) is 3. The Kier molecular flexibility index (Phi) is 9.79. The summed E-state index contributed by atoms with van der Waals surface area (Å²) in [7, 11) is 1.58. The number of hydrogen-bond donors (Lipinski definition) is 2. The molecule has 11 nitrogen and oxygen atoms in total. The van der Waals surface area contributed by atoms with Crippen molar-refractivity contribution < 1.29 is 38.5 Å². The molecule has 0 spiro atoms. The molecular formula is C37H43N3O8. The molecule has 5 rings (SSSR count). The highest BCUT2D eigenvalue weighted by Crippen LogP contribution is 2.46. The van der Waals surface area contributed by atoms with Crippen LogP contribution in [-0.4, -0.2) is 76.7 Å². The van der Waals surface area contributed by atoms with Gasteiger partial charge in [0.2, 0.25) is 11.8 Å². The Bertz CT molecular complexity index is 1720. The number of likely N-dealkylation sites (tertiary alicyclic amines) is 1. The van der Waals surface area contributed by atoms with Crippen molar-refractivity contribution in [1.29, 1.82) is 0 Å². The molecule has 5 unspecified atom stereocenters. The number of carboxylic acid groups (broad SMARTS) is 1. The maximum absolute atomic E-state index is 14.2. The predicted octanol–water partition coefficient (Wildman–Crippen LogP) is 5.02. The summed E-state index contributed by atoms with van der Waals surface area (Å²) in [6.45, 7) is 11.1. The van der Waals surface area contributed by atoms with Gasteiger partial charge >= 0.3 is 11.9 Å². The number of carbonyl (C=O) groups is 4. The molecule has 1 aliphatic carbocycles. The summed E-state index contributed by atoms with van der Waals surface area (Å²) in [5, 5.41) is 13.3. The molecule has 1 saturated heterocycles. The first kappa shape index (κ1) is 34.4. The SMILES string of the molecule is C=CC1CC1(NC(=O)C1CC(Oc2cc(-c3ccccc3)nc3cc(OC)ccc23)CN1C(=O)C(CC(=O)O)C(C)(C)C)C(=O)OCC. The fourth-order valence-corrected chi connectivity index (χ4v) is 6.42. The van der Waals surface area contributed by atoms with E-state index in [4.69, 9.17) is 19.2 Å². The Hall–Kier alpha value is -4.93. The van der Waals surface area contributed by atoms with E-state index in [0.717, 1.165) is 5.56 Å². The number of fused-ring (bicyclic) bond motifs is 1. The normalized spacial score (nSPS) is 22.4. The number of nitrogens with zero attached hydrogens (tertiary/aromatic N) is 2. The zero-order chi connectivity index (χ0) is 34.8. The quantitative estimate of drug-likeness (QED) is 0.203. The first-order valence-electron chi connectivity index (χ1n) is 16.2. The van der Waals surface area contributed by atoms with Crippen LogP contribution in [0.25, 0.3) is 22.2 Å². The molecule has 11 heteroatoms. The lowest BCUT2D eigenvalue weighted by Gasteiger charge is -2.34. The molecule has 48 heavy (non-hydrogen) atoms. The maximum Gasteiger partial charge on any atom is 0.332 e. The summed E-state index contributed by atoms with van der Waals surface area (Å²) in [4.78, 5) is 59.4. The second-order valence-electron chi connectivity index (χ2n) is 13.5. The summed E-state index contributed by atoms with van der Waals surface area (Å²) in [5.74, 6) is -2.77. The van der Waals surface area contributed by atoms with Gasteiger partial charge < -0.3 is 29.5 Å². The zero-order valence-electron chi connectivity index (χ0n) is 28.0. The predicted molar refractivity (Wildman–Crippen MR) is 179 cm³/mol. The van der Waals surface area contributed by atoms with Gasteiger partial charge in [0.25, 0.3) is 0 Å². The van der Waals surface area contributed by atoms with Crippen LogP contribution >= 0.6 is 0 Å². The number of amides is 2. The van der Waals surface area contributed by atoms with Gasteiger partial charge in [0, 0.05) is 35.4 Å². The Morgan fingerprint density at radius 3 is 2.48 bits per heavy atom. The smallest absolute Gasteiger partial charge is 0.332 e. The van der Waals surface area contributed by atoms with Crippen molar-refractivity contribution in [2.45, 2.75) is 64.6 Å². The molecule has 5 atom stereocenters. The van der Waals surface area contributed by atoms with Crippen LogP contribution in [0.1, 0.15) is 47.0 Å². The minimum atomic E-state index is -1.27. The van der Waals surface area contributed by atoms with Crippen molar-refractivity contribution in [1.82, 2.24) is 15.2 Å². The number of benzene rings is 2. The number of aliphatic carboxylic acids is 1. The molecule has 2 fully saturated rings. The summed E-state index contributed by atoms with van der Waals surface area (Å²) in [6, 6.07) is 15.9. The highest BCUT2D eigenvalue weighted by Gasteiger charge is 2.62. The largest absolute Gasteiger partial charge is 0.497 e. The van der Waals surface area contributed by atoms with E-state index < -0.39 is 59.2 Å². The fraction of sp³-hybridized carbons (Fsp3) is 0.432. The number of rotatable bonds is 12. The molecule has 2 aromatic carbocycles. The van der Waals surface area contributed by atoms with Crippen LogP contribution in [0.2, 0.25) is 0 Å². The Labute approximate surface area is 280 Å². The van der Waals surface area contributed by atoms with Gasteiger partial charge in [-0.25, -0.2) is 9.78 Å². The highest BCUT2D eigenvalue weighted by molar-refractivity contribution is 5.96. The van der Waals surface area contributed by atoms with E-state index in [-0.39, 0.29) is 25.5 Å². The standard InChI is InChI=1S/C37H43N3O8/c1-7-23-20-37(23,35(45)47-8-2)39-33(43)30-17-25(21-40(30)34(44)27(18-32(41)42)36(3,4)5)48-31-19-28(22-12-10-9-11-13-22)38-29-16-24(46-6)14-15-26(29)31/h7,9-16,19,23,25,27,30H,1,8,17-18,20-21H2,2-6H3,(H,39,43)(H,41,42). The third-order valence-corrected chi connectivity index (χ3v) is 9.20. The van der Waals surface area contributed by atoms with E-state index in [9.17, 15) is 24.3 Å². The van der Waals surface area contributed by atoms with Crippen molar-refractivity contribution in [2.24, 2.45) is 17.3 Å². The molecule has 2 heterocycles. The number of hydrogen-bond acceptors (Lipinski definition) is 8. The average molecular weight is 658 g/mol. The van der Waals surface area contributed by atoms with Crippen LogP contribution in [0.3, 0.4) is 0 Å². The van der Waals surface area contributed by atoms with E-state index in [1.54, 1.807) is 46.9 Å². The molecule has 0 bridgehead atoms. The molecule has 3 aromatic rings. The Balaban J connectivity index is 1.51. The molecule has 254 valence electrons. The second kappa shape index (κ2) is 13.7. The van der Waals surface area contributed by atoms with Gasteiger partial charge in [-0.05, 0) is 30.9 Å². The van der Waals surface area contributed by atoms with Gasteiger partial charge in [0.05, 0.1) is 43.8 Å². The third-order valence-electron chi connectivity index (χ3n) is 9.20. The van der Waals surface area contributed by atoms with Crippen LogP contribution in [-0.2, 0) is 23.9 Å². The van der Waals surface area contributed by atoms with Gasteiger partial charge in [-0.3, -0.25) is 14.4 Å². The first-order valence-corrected chi connectivity index (χ1v) is 16.2. The zero-order valence-corrected chi connectivity index (χ0v) is 28.0. The monoisotopic (exact) mass is 657 g/mol. The minimum absolute atomic E-state index is 0.0288. The maximum atomic E-state index is 14.2. The van der Waals surface area contributed by atoms with E-state index in [0.29, 0.717) is 34.5 Å². The molecule has 0 radical (unpaired) electrons. The molecule has 2 N–H and O–H groups in total. The summed E-state index contributed by atoms with van der Waals surface area (Å²) < 4.78 is 17.4. The summed E-state index contributed by atoms with van der Waals surface area (Å²) in [5.41, 5.74) is 0.205. The van der Waals surface area contributed by atoms with Gasteiger partial charge in [-0.1, -0.05) is 57.2 Å². The van der Waals surface area contributed by atoms with E-state index >= 15 is 0 Å². The van der Waals surface area contributed by atoms with Gasteiger partial charge in [-0.2, -0.15) is 0 Å². The van der Waals surface area contributed by atoms with Gasteiger partial charge in [0.15, 0.2) is 0 Å². The molecule has 1 aromatic heterocycles. The first-order chi connectivity index (χ1) is 22.8. The van der Waals surface area contributed by atoms with Crippen molar-refractivity contribution in [3.8, 4) is 22.8 Å². The number of carboxylic acids is 1. The van der Waals surface area contributed by atoms with Crippen LogP contribution in [0.4, 0.5) is 0 Å². The summed E-state index contributed by atoms with van der Waals surface area (Å²) >= 11 is 0. The van der Waals surface area contributed by atoms with Crippen LogP contribution in [0.5, 0.6) is 11.5 Å². The van der Waals surface area contributed by atoms with Crippen LogP contribution in [0, 0.1) is 17.3 Å². The molecule has 1 saturated carbocycles. The Morgan fingerprint density at radius 2 is 1.88 bits per heavy atom. The van der Waals surface area contributed by atoms with Crippen LogP contribution in [0.15, 0.2) is 67.3 Å². The number of nitrogens with one attached hydrogen (secondary N) is 1. The van der Waals surface area contributed by atoms with Crippen molar-refractivity contribution in [2.75, 3.05) is 20.3 Å². The topological polar surface area (TPSA) is 144 Å². The van der Waals surface area contributed by atoms with E-state index in [2.05, 4.69) is 11.9 Å². The molecule has 2 amide bonds. The molecular weight excluding hydrogens is 614 g/mol. The lowest BCUT2D eigenvalue weighted by atomic mass is 9.77. The second-order valence-corrected chi connectivity index (χ2v) is 13.5. The van der Waals surface area contributed by atoms with Gasteiger partial charge in [-0.15, -0.1) is 6.58 Å². The fourth-order valence-electron chi connectivity index (χ4n) is 6.42. The van der Waals surface area contributed by atoms with Crippen molar-refractivity contribution >= 4 is 34.7 Å². The number of esters is 1. The number of aromatic nitrogens is 1. The number of methoxy groups -OCH3 is 1. The molecule has 2 aliphatic rings. The number of pyridine rings is 1. The van der Waals surface area contributed by atoms with Crippen LogP contribution < -0.4 is 14.8 Å².